The maximum absolute atomic E-state index is 5.86. The highest BCUT2D eigenvalue weighted by Gasteiger charge is 2.38. The van der Waals surface area contributed by atoms with Crippen molar-refractivity contribution in [3.63, 3.8) is 0 Å². The minimum absolute atomic E-state index is 0.143. The van der Waals surface area contributed by atoms with Gasteiger partial charge in [0.05, 0.1) is 0 Å². The first kappa shape index (κ1) is 33.4. The van der Waals surface area contributed by atoms with Crippen molar-refractivity contribution in [2.45, 2.75) is 132 Å². The van der Waals surface area contributed by atoms with E-state index >= 15 is 0 Å². The zero-order valence-corrected chi connectivity index (χ0v) is 24.5. The second-order valence-electron chi connectivity index (χ2n) is 8.83. The molecule has 0 aromatic carbocycles. The topological polar surface area (TPSA) is 55.4 Å². The number of rotatable bonds is 18. The lowest BCUT2D eigenvalue weighted by molar-refractivity contribution is 0.00884. The summed E-state index contributed by atoms with van der Waals surface area (Å²) in [4.78, 5) is 0. The quantitative estimate of drug-likeness (QED) is 0.157. The Balaban J connectivity index is 0. The lowest BCUT2D eigenvalue weighted by atomic mass is 10.4. The average Bonchev–Trinajstić information content (AvgIpc) is 2.60. The molecule has 0 heterocycles. The van der Waals surface area contributed by atoms with Crippen molar-refractivity contribution in [1.29, 1.82) is 0 Å². The molecule has 0 unspecified atom stereocenters. The molecule has 0 radical (unpaired) electrons. The molecule has 0 aromatic heterocycles. The Bertz CT molecular complexity index is 341. The van der Waals surface area contributed by atoms with Crippen LogP contribution >= 0.6 is 0 Å². The lowest BCUT2D eigenvalue weighted by Crippen LogP contribution is -2.47. The van der Waals surface area contributed by atoms with Gasteiger partial charge in [0, 0.05) is 51.2 Å². The molecule has 8 heteroatoms. The monoisotopic (exact) mass is 482 g/mol. The van der Waals surface area contributed by atoms with Crippen LogP contribution in [-0.2, 0) is 26.6 Å². The molecular formula is C23H54O6Si2. The summed E-state index contributed by atoms with van der Waals surface area (Å²) in [6, 6.07) is 0. The van der Waals surface area contributed by atoms with Gasteiger partial charge >= 0.3 is 17.6 Å². The van der Waals surface area contributed by atoms with E-state index in [9.17, 15) is 0 Å². The average molecular weight is 483 g/mol. The standard InChI is InChI=1S/C13H30O3Si.C10H24O3Si/c1-5-8-11-14-17(4,15-12-9-6-2)16-13-10-7-3;1-8(2)11-14(7,12-9(3)4)13-10(5)6/h5-13H2,1-4H3;8-10H,1-7H3. The van der Waals surface area contributed by atoms with Crippen LogP contribution in [0, 0.1) is 0 Å². The molecule has 6 nitrogen and oxygen atoms in total. The van der Waals surface area contributed by atoms with Crippen LogP contribution in [0.5, 0.6) is 0 Å². The van der Waals surface area contributed by atoms with Gasteiger partial charge in [-0.3, -0.25) is 0 Å². The van der Waals surface area contributed by atoms with Crippen LogP contribution in [0.15, 0.2) is 0 Å². The highest BCUT2D eigenvalue weighted by molar-refractivity contribution is 6.59. The smallest absolute Gasteiger partial charge is 0.374 e. The summed E-state index contributed by atoms with van der Waals surface area (Å²) in [6.07, 6.45) is 7.11. The molecule has 0 bridgehead atoms. The van der Waals surface area contributed by atoms with Crippen LogP contribution in [-0.4, -0.2) is 55.7 Å². The Hall–Kier alpha value is 0.194. The maximum atomic E-state index is 5.86. The van der Waals surface area contributed by atoms with Gasteiger partial charge in [-0.15, -0.1) is 0 Å². The Morgan fingerprint density at radius 3 is 0.935 bits per heavy atom. The van der Waals surface area contributed by atoms with Crippen LogP contribution in [0.1, 0.15) is 101 Å². The lowest BCUT2D eigenvalue weighted by Gasteiger charge is -2.31. The van der Waals surface area contributed by atoms with Crippen LogP contribution in [0.2, 0.25) is 13.1 Å². The SMILES string of the molecule is CC(C)O[Si](C)(OC(C)C)OC(C)C.CCCCO[Si](C)(OCCCC)OCCCC. The van der Waals surface area contributed by atoms with Crippen LogP contribution in [0.3, 0.4) is 0 Å². The molecule has 0 aliphatic heterocycles. The second kappa shape index (κ2) is 19.6. The normalized spacial score (nSPS) is 12.6. The van der Waals surface area contributed by atoms with Gasteiger partial charge < -0.3 is 26.6 Å². The molecule has 0 rings (SSSR count). The van der Waals surface area contributed by atoms with Gasteiger partial charge in [-0.05, 0) is 60.8 Å². The van der Waals surface area contributed by atoms with E-state index in [-0.39, 0.29) is 18.3 Å². The Morgan fingerprint density at radius 1 is 0.484 bits per heavy atom. The van der Waals surface area contributed by atoms with Gasteiger partial charge in [0.25, 0.3) is 0 Å². The largest absolute Gasteiger partial charge is 0.498 e. The molecule has 0 aliphatic rings. The minimum atomic E-state index is -2.44. The molecular weight excluding hydrogens is 428 g/mol. The van der Waals surface area contributed by atoms with Crippen LogP contribution in [0.25, 0.3) is 0 Å². The van der Waals surface area contributed by atoms with Gasteiger partial charge in [-0.2, -0.15) is 0 Å². The van der Waals surface area contributed by atoms with E-state index in [1.54, 1.807) is 0 Å². The molecule has 0 amide bonds. The van der Waals surface area contributed by atoms with Crippen molar-refractivity contribution in [3.05, 3.63) is 0 Å². The fourth-order valence-electron chi connectivity index (χ4n) is 2.70. The molecule has 0 aliphatic carbocycles. The van der Waals surface area contributed by atoms with Crippen molar-refractivity contribution in [3.8, 4) is 0 Å². The third kappa shape index (κ3) is 21.8. The molecule has 0 saturated carbocycles. The van der Waals surface area contributed by atoms with Gasteiger partial charge in [-0.1, -0.05) is 40.0 Å². The molecule has 0 atom stereocenters. The number of hydrogen-bond acceptors (Lipinski definition) is 6. The first-order valence-corrected chi connectivity index (χ1v) is 16.8. The molecule has 0 saturated heterocycles. The molecule has 190 valence electrons. The fourth-order valence-corrected chi connectivity index (χ4v) is 7.23. The minimum Gasteiger partial charge on any atom is -0.374 e. The summed E-state index contributed by atoms with van der Waals surface area (Å²) in [5, 5.41) is 0. The van der Waals surface area contributed by atoms with Gasteiger partial charge in [-0.25, -0.2) is 0 Å². The van der Waals surface area contributed by atoms with E-state index in [4.69, 9.17) is 26.6 Å². The summed E-state index contributed by atoms with van der Waals surface area (Å²) < 4.78 is 34.8. The first-order chi connectivity index (χ1) is 14.4. The highest BCUT2D eigenvalue weighted by Crippen LogP contribution is 2.16. The van der Waals surface area contributed by atoms with E-state index in [2.05, 4.69) is 20.8 Å². The number of hydrogen-bond donors (Lipinski definition) is 0. The molecule has 0 fully saturated rings. The Kier molecular flexibility index (Phi) is 21.1. The Labute approximate surface area is 196 Å². The molecule has 0 N–H and O–H groups in total. The summed E-state index contributed by atoms with van der Waals surface area (Å²) in [5.74, 6) is 0. The van der Waals surface area contributed by atoms with Crippen molar-refractivity contribution < 1.29 is 26.6 Å². The van der Waals surface area contributed by atoms with E-state index in [1.165, 1.54) is 0 Å². The summed E-state index contributed by atoms with van der Waals surface area (Å²) in [5.41, 5.74) is 0. The van der Waals surface area contributed by atoms with E-state index in [0.29, 0.717) is 0 Å². The zero-order chi connectivity index (χ0) is 24.3. The molecule has 0 spiro atoms. The van der Waals surface area contributed by atoms with Gasteiger partial charge in [0.2, 0.25) is 0 Å². The van der Waals surface area contributed by atoms with E-state index in [0.717, 1.165) is 58.3 Å². The predicted octanol–water partition coefficient (Wildman–Crippen LogP) is 6.84. The zero-order valence-electron chi connectivity index (χ0n) is 22.5. The highest BCUT2D eigenvalue weighted by atomic mass is 28.4. The summed E-state index contributed by atoms with van der Waals surface area (Å²) in [6.45, 7) is 24.7. The maximum Gasteiger partial charge on any atom is 0.498 e. The molecule has 0 aromatic rings. The van der Waals surface area contributed by atoms with Gasteiger partial charge in [0.15, 0.2) is 0 Å². The summed E-state index contributed by atoms with van der Waals surface area (Å²) >= 11 is 0. The fraction of sp³-hybridized carbons (Fsp3) is 1.00. The Morgan fingerprint density at radius 2 is 0.742 bits per heavy atom. The second-order valence-corrected chi connectivity index (χ2v) is 13.9. The van der Waals surface area contributed by atoms with Crippen molar-refractivity contribution in [2.75, 3.05) is 19.8 Å². The van der Waals surface area contributed by atoms with Crippen molar-refractivity contribution in [1.82, 2.24) is 0 Å². The molecule has 31 heavy (non-hydrogen) atoms. The van der Waals surface area contributed by atoms with Gasteiger partial charge in [0.1, 0.15) is 0 Å². The van der Waals surface area contributed by atoms with E-state index < -0.39 is 17.6 Å². The third-order valence-corrected chi connectivity index (χ3v) is 8.82. The van der Waals surface area contributed by atoms with Crippen molar-refractivity contribution in [2.24, 2.45) is 0 Å². The van der Waals surface area contributed by atoms with Crippen LogP contribution in [0.4, 0.5) is 0 Å². The third-order valence-electron chi connectivity index (χ3n) is 3.94. The predicted molar refractivity (Wildman–Crippen MR) is 134 cm³/mol. The first-order valence-electron chi connectivity index (χ1n) is 12.4. The summed E-state index contributed by atoms with van der Waals surface area (Å²) in [7, 11) is -4.80. The number of unbranched alkanes of at least 4 members (excludes halogenated alkanes) is 3. The van der Waals surface area contributed by atoms with E-state index in [1.807, 2.05) is 54.6 Å². The van der Waals surface area contributed by atoms with Crippen molar-refractivity contribution >= 4 is 17.6 Å². The van der Waals surface area contributed by atoms with Crippen LogP contribution < -0.4 is 0 Å².